The van der Waals surface area contributed by atoms with Gasteiger partial charge in [0.25, 0.3) is 0 Å². The normalized spacial score (nSPS) is 12.7. The molecule has 4 rings (SSSR count). The maximum Gasteiger partial charge on any atom is 0.417 e. The van der Waals surface area contributed by atoms with Gasteiger partial charge in [-0.05, 0) is 67.8 Å². The van der Waals surface area contributed by atoms with Crippen LogP contribution in [0.25, 0.3) is 28.2 Å². The number of alkyl halides is 3. The van der Waals surface area contributed by atoms with Crippen LogP contribution in [-0.4, -0.2) is 29.3 Å². The molecule has 4 aromatic rings. The van der Waals surface area contributed by atoms with E-state index in [-0.39, 0.29) is 22.0 Å². The maximum absolute atomic E-state index is 13.8. The Bertz CT molecular complexity index is 1550. The number of rotatable bonds is 5. The van der Waals surface area contributed by atoms with Gasteiger partial charge in [0.2, 0.25) is 0 Å². The summed E-state index contributed by atoms with van der Waals surface area (Å²) in [7, 11) is -3.39. The molecule has 0 atom stereocenters. The lowest BCUT2D eigenvalue weighted by molar-refractivity contribution is -0.137. The van der Waals surface area contributed by atoms with Gasteiger partial charge >= 0.3 is 6.18 Å². The Morgan fingerprint density at radius 3 is 2.19 bits per heavy atom. The third-order valence-electron chi connectivity index (χ3n) is 5.86. The minimum absolute atomic E-state index is 0.0509. The van der Waals surface area contributed by atoms with Crippen molar-refractivity contribution < 1.29 is 26.7 Å². The van der Waals surface area contributed by atoms with Crippen molar-refractivity contribution in [2.75, 3.05) is 6.26 Å². The standard InChI is InChI=1S/C27H25F3N2O3S/c1-17-14-19(18-8-7-9-20(15-18)36(4,34)35)12-13-23(17)32-16-24(26(2,3)33)31-25(32)21-10-5-6-11-22(21)27(28,29)30/h5-16,33H,1-4H3. The Labute approximate surface area is 207 Å². The first-order valence-electron chi connectivity index (χ1n) is 11.1. The zero-order chi connectivity index (χ0) is 26.5. The molecule has 1 N–H and O–H groups in total. The molecule has 36 heavy (non-hydrogen) atoms. The molecular weight excluding hydrogens is 489 g/mol. The largest absolute Gasteiger partial charge is 0.417 e. The first kappa shape index (κ1) is 25.7. The van der Waals surface area contributed by atoms with Gasteiger partial charge in [0.1, 0.15) is 11.4 Å². The number of halogens is 3. The van der Waals surface area contributed by atoms with Crippen LogP contribution in [0.1, 0.15) is 30.7 Å². The second-order valence-electron chi connectivity index (χ2n) is 9.22. The number of imidazole rings is 1. The Morgan fingerprint density at radius 1 is 0.917 bits per heavy atom. The van der Waals surface area contributed by atoms with Crippen LogP contribution < -0.4 is 0 Å². The molecule has 0 radical (unpaired) electrons. The molecule has 9 heteroatoms. The van der Waals surface area contributed by atoms with Crippen molar-refractivity contribution in [3.63, 3.8) is 0 Å². The third kappa shape index (κ3) is 5.08. The van der Waals surface area contributed by atoms with E-state index in [1.54, 1.807) is 34.9 Å². The summed E-state index contributed by atoms with van der Waals surface area (Å²) in [5.74, 6) is 0.0509. The van der Waals surface area contributed by atoms with Crippen LogP contribution in [0.2, 0.25) is 0 Å². The van der Waals surface area contributed by atoms with Gasteiger partial charge in [-0.1, -0.05) is 36.4 Å². The fraction of sp³-hybridized carbons (Fsp3) is 0.222. The molecule has 0 aliphatic heterocycles. The topological polar surface area (TPSA) is 72.2 Å². The lowest BCUT2D eigenvalue weighted by Crippen LogP contribution is -2.15. The number of benzene rings is 3. The van der Waals surface area contributed by atoms with Gasteiger partial charge in [-0.2, -0.15) is 13.2 Å². The summed E-state index contributed by atoms with van der Waals surface area (Å²) in [5, 5.41) is 10.6. The summed E-state index contributed by atoms with van der Waals surface area (Å²) in [6.45, 7) is 4.84. The third-order valence-corrected chi connectivity index (χ3v) is 6.97. The maximum atomic E-state index is 13.8. The summed E-state index contributed by atoms with van der Waals surface area (Å²) in [6, 6.07) is 17.1. The van der Waals surface area contributed by atoms with Crippen LogP contribution in [0.15, 0.2) is 77.8 Å². The molecular formula is C27H25F3N2O3S. The second-order valence-corrected chi connectivity index (χ2v) is 11.2. The van der Waals surface area contributed by atoms with Gasteiger partial charge in [-0.15, -0.1) is 0 Å². The minimum Gasteiger partial charge on any atom is -0.384 e. The molecule has 1 heterocycles. The van der Waals surface area contributed by atoms with Gasteiger partial charge in [0.15, 0.2) is 9.84 Å². The Morgan fingerprint density at radius 2 is 1.58 bits per heavy atom. The highest BCUT2D eigenvalue weighted by Crippen LogP contribution is 2.39. The van der Waals surface area contributed by atoms with E-state index in [2.05, 4.69) is 4.98 Å². The average Bonchev–Trinajstić information content (AvgIpc) is 3.24. The van der Waals surface area contributed by atoms with Crippen LogP contribution in [0.3, 0.4) is 0 Å². The lowest BCUT2D eigenvalue weighted by Gasteiger charge is -2.16. The highest BCUT2D eigenvalue weighted by atomic mass is 32.2. The van der Waals surface area contributed by atoms with Crippen molar-refractivity contribution in [2.45, 2.75) is 37.4 Å². The number of hydrogen-bond donors (Lipinski definition) is 1. The van der Waals surface area contributed by atoms with Crippen LogP contribution in [0.4, 0.5) is 13.2 Å². The van der Waals surface area contributed by atoms with Gasteiger partial charge < -0.3 is 5.11 Å². The van der Waals surface area contributed by atoms with E-state index in [0.29, 0.717) is 11.3 Å². The van der Waals surface area contributed by atoms with Crippen LogP contribution in [0.5, 0.6) is 0 Å². The van der Waals surface area contributed by atoms with Gasteiger partial charge in [0, 0.05) is 18.0 Å². The van der Waals surface area contributed by atoms with Crippen molar-refractivity contribution in [3.05, 3.63) is 89.7 Å². The monoisotopic (exact) mass is 514 g/mol. The second kappa shape index (κ2) is 8.90. The smallest absolute Gasteiger partial charge is 0.384 e. The summed E-state index contributed by atoms with van der Waals surface area (Å²) in [6.07, 6.45) is -1.92. The van der Waals surface area contributed by atoms with E-state index in [1.165, 1.54) is 44.3 Å². The fourth-order valence-electron chi connectivity index (χ4n) is 3.99. The van der Waals surface area contributed by atoms with E-state index in [0.717, 1.165) is 23.4 Å². The van der Waals surface area contributed by atoms with Gasteiger partial charge in [-0.25, -0.2) is 13.4 Å². The van der Waals surface area contributed by atoms with E-state index in [1.807, 2.05) is 13.0 Å². The predicted octanol–water partition coefficient (Wildman–Crippen LogP) is 6.16. The Hall–Kier alpha value is -3.43. The number of sulfone groups is 1. The summed E-state index contributed by atoms with van der Waals surface area (Å²) in [5.41, 5.74) is 0.651. The van der Waals surface area contributed by atoms with E-state index < -0.39 is 27.2 Å². The first-order chi connectivity index (χ1) is 16.7. The lowest BCUT2D eigenvalue weighted by atomic mass is 10.0. The minimum atomic E-state index is -4.59. The number of aryl methyl sites for hydroxylation is 1. The van der Waals surface area contributed by atoms with Crippen molar-refractivity contribution in [1.29, 1.82) is 0 Å². The molecule has 0 unspecified atom stereocenters. The van der Waals surface area contributed by atoms with Crippen LogP contribution >= 0.6 is 0 Å². The van der Waals surface area contributed by atoms with Gasteiger partial charge in [0.05, 0.1) is 21.8 Å². The summed E-state index contributed by atoms with van der Waals surface area (Å²) >= 11 is 0. The average molecular weight is 515 g/mol. The SMILES string of the molecule is Cc1cc(-c2cccc(S(C)(=O)=O)c2)ccc1-n1cc(C(C)(C)O)nc1-c1ccccc1C(F)(F)F. The first-order valence-corrected chi connectivity index (χ1v) is 13.0. The van der Waals surface area contributed by atoms with E-state index >= 15 is 0 Å². The zero-order valence-corrected chi connectivity index (χ0v) is 20.9. The Balaban J connectivity index is 1.90. The molecule has 188 valence electrons. The zero-order valence-electron chi connectivity index (χ0n) is 20.1. The van der Waals surface area contributed by atoms with Crippen molar-refractivity contribution >= 4 is 9.84 Å². The summed E-state index contributed by atoms with van der Waals surface area (Å²) < 4.78 is 66.9. The molecule has 0 spiro atoms. The number of aromatic nitrogens is 2. The van der Waals surface area contributed by atoms with Gasteiger partial charge in [-0.3, -0.25) is 4.57 Å². The molecule has 1 aromatic heterocycles. The molecule has 0 saturated heterocycles. The van der Waals surface area contributed by atoms with Crippen molar-refractivity contribution in [1.82, 2.24) is 9.55 Å². The number of aliphatic hydroxyl groups is 1. The fourth-order valence-corrected chi connectivity index (χ4v) is 4.65. The summed E-state index contributed by atoms with van der Waals surface area (Å²) in [4.78, 5) is 4.60. The molecule has 5 nitrogen and oxygen atoms in total. The highest BCUT2D eigenvalue weighted by Gasteiger charge is 2.35. The quantitative estimate of drug-likeness (QED) is 0.346. The van der Waals surface area contributed by atoms with Crippen LogP contribution in [0, 0.1) is 6.92 Å². The molecule has 0 bridgehead atoms. The van der Waals surface area contributed by atoms with Crippen molar-refractivity contribution in [2.24, 2.45) is 0 Å². The molecule has 0 aliphatic carbocycles. The number of hydrogen-bond acceptors (Lipinski definition) is 4. The van der Waals surface area contributed by atoms with Crippen molar-refractivity contribution in [3.8, 4) is 28.2 Å². The predicted molar refractivity (Wildman–Crippen MR) is 133 cm³/mol. The molecule has 0 fully saturated rings. The number of nitrogens with zero attached hydrogens (tertiary/aromatic N) is 2. The van der Waals surface area contributed by atoms with E-state index in [9.17, 15) is 26.7 Å². The highest BCUT2D eigenvalue weighted by molar-refractivity contribution is 7.90. The van der Waals surface area contributed by atoms with Crippen LogP contribution in [-0.2, 0) is 21.6 Å². The molecule has 0 aliphatic rings. The molecule has 3 aromatic carbocycles. The molecule has 0 amide bonds. The molecule has 0 saturated carbocycles. The van der Waals surface area contributed by atoms with E-state index in [4.69, 9.17) is 0 Å². The Kier molecular flexibility index (Phi) is 6.34.